The Labute approximate surface area is 128 Å². The molecule has 0 spiro atoms. The lowest BCUT2D eigenvalue weighted by Gasteiger charge is -2.26. The number of nitrogens with one attached hydrogen (secondary N) is 1. The molecule has 1 amide bonds. The van der Waals surface area contributed by atoms with E-state index in [1.807, 2.05) is 0 Å². The highest BCUT2D eigenvalue weighted by Crippen LogP contribution is 2.38. The van der Waals surface area contributed by atoms with Gasteiger partial charge in [-0.25, -0.2) is 0 Å². The average Bonchev–Trinajstić information content (AvgIpc) is 2.48. The first-order valence-electron chi connectivity index (χ1n) is 7.29. The van der Waals surface area contributed by atoms with Crippen LogP contribution >= 0.6 is 11.6 Å². The van der Waals surface area contributed by atoms with Gasteiger partial charge in [0.25, 0.3) is 0 Å². The van der Waals surface area contributed by atoms with Crippen LogP contribution in [0.2, 0.25) is 5.02 Å². The monoisotopic (exact) mass is 310 g/mol. The molecule has 2 atom stereocenters. The first kappa shape index (κ1) is 14.5. The second-order valence-electron chi connectivity index (χ2n) is 5.59. The normalized spacial score (nSPS) is 24.5. The Morgan fingerprint density at radius 2 is 1.95 bits per heavy atom. The number of amides is 1. The molecule has 3 N–H and O–H groups in total. The van der Waals surface area contributed by atoms with Crippen molar-refractivity contribution < 1.29 is 14.3 Å². The van der Waals surface area contributed by atoms with Crippen LogP contribution in [0.1, 0.15) is 25.7 Å². The molecule has 1 fully saturated rings. The van der Waals surface area contributed by atoms with Gasteiger partial charge in [0, 0.05) is 24.1 Å². The maximum absolute atomic E-state index is 12.3. The van der Waals surface area contributed by atoms with Crippen molar-refractivity contribution in [3.63, 3.8) is 0 Å². The third-order valence-electron chi connectivity index (χ3n) is 3.98. The Balaban J connectivity index is 1.73. The number of hydrogen-bond donors (Lipinski definition) is 2. The Morgan fingerprint density at radius 3 is 2.67 bits per heavy atom. The highest BCUT2D eigenvalue weighted by atomic mass is 35.5. The van der Waals surface area contributed by atoms with E-state index < -0.39 is 0 Å². The van der Waals surface area contributed by atoms with Gasteiger partial charge in [-0.3, -0.25) is 4.79 Å². The molecule has 1 aromatic carbocycles. The molecular weight excluding hydrogens is 292 g/mol. The molecule has 0 aromatic heterocycles. The Morgan fingerprint density at radius 1 is 1.24 bits per heavy atom. The summed E-state index contributed by atoms with van der Waals surface area (Å²) in [6, 6.07) is 3.51. The molecule has 5 nitrogen and oxygen atoms in total. The number of rotatable bonds is 2. The summed E-state index contributed by atoms with van der Waals surface area (Å²) in [6.45, 7) is 1.01. The number of benzene rings is 1. The molecule has 2 unspecified atom stereocenters. The third-order valence-corrected chi connectivity index (χ3v) is 4.29. The number of carbonyl (C=O) groups is 1. The molecule has 1 aliphatic carbocycles. The molecule has 1 aliphatic heterocycles. The minimum atomic E-state index is -0.0435. The van der Waals surface area contributed by atoms with Crippen molar-refractivity contribution in [2.24, 2.45) is 11.7 Å². The van der Waals surface area contributed by atoms with Crippen molar-refractivity contribution in [1.29, 1.82) is 0 Å². The van der Waals surface area contributed by atoms with Gasteiger partial charge < -0.3 is 20.5 Å². The molecule has 0 radical (unpaired) electrons. The first-order valence-corrected chi connectivity index (χ1v) is 7.67. The lowest BCUT2D eigenvalue weighted by molar-refractivity contribution is -0.120. The summed E-state index contributed by atoms with van der Waals surface area (Å²) in [5.74, 6) is 1.16. The van der Waals surface area contributed by atoms with E-state index in [2.05, 4.69) is 5.32 Å². The molecule has 114 valence electrons. The van der Waals surface area contributed by atoms with Crippen LogP contribution < -0.4 is 20.5 Å². The maximum atomic E-state index is 12.3. The highest BCUT2D eigenvalue weighted by molar-refractivity contribution is 6.34. The fraction of sp³-hybridized carbons (Fsp3) is 0.533. The zero-order valence-electron chi connectivity index (χ0n) is 11.7. The molecule has 1 aromatic rings. The topological polar surface area (TPSA) is 73.6 Å². The fourth-order valence-electron chi connectivity index (χ4n) is 2.86. The number of nitrogens with two attached hydrogens (primary N) is 1. The molecule has 3 rings (SSSR count). The van der Waals surface area contributed by atoms with E-state index in [-0.39, 0.29) is 17.9 Å². The number of anilines is 1. The van der Waals surface area contributed by atoms with Gasteiger partial charge in [-0.2, -0.15) is 0 Å². The Bertz CT molecular complexity index is 550. The number of hydrogen-bond acceptors (Lipinski definition) is 4. The van der Waals surface area contributed by atoms with Crippen LogP contribution in [0.25, 0.3) is 0 Å². The fourth-order valence-corrected chi connectivity index (χ4v) is 3.06. The smallest absolute Gasteiger partial charge is 0.227 e. The van der Waals surface area contributed by atoms with E-state index >= 15 is 0 Å². The van der Waals surface area contributed by atoms with E-state index in [4.69, 9.17) is 26.8 Å². The van der Waals surface area contributed by atoms with Crippen LogP contribution in [0.4, 0.5) is 5.69 Å². The summed E-state index contributed by atoms with van der Waals surface area (Å²) >= 11 is 6.20. The largest absolute Gasteiger partial charge is 0.486 e. The molecule has 2 aliphatic rings. The van der Waals surface area contributed by atoms with E-state index in [0.717, 1.165) is 25.7 Å². The second kappa shape index (κ2) is 6.12. The summed E-state index contributed by atoms with van der Waals surface area (Å²) in [5.41, 5.74) is 6.49. The van der Waals surface area contributed by atoms with Gasteiger partial charge in [-0.05, 0) is 19.3 Å². The molecule has 1 saturated carbocycles. The van der Waals surface area contributed by atoms with Crippen LogP contribution in [-0.4, -0.2) is 25.2 Å². The van der Waals surface area contributed by atoms with Gasteiger partial charge in [0.05, 0.1) is 10.7 Å². The van der Waals surface area contributed by atoms with E-state index in [1.54, 1.807) is 12.1 Å². The molecule has 1 heterocycles. The van der Waals surface area contributed by atoms with Crippen LogP contribution in [0, 0.1) is 5.92 Å². The van der Waals surface area contributed by atoms with E-state index in [1.165, 1.54) is 0 Å². The van der Waals surface area contributed by atoms with Crippen molar-refractivity contribution in [2.45, 2.75) is 31.7 Å². The minimum absolute atomic E-state index is 0.0243. The molecule has 0 bridgehead atoms. The number of halogens is 1. The first-order chi connectivity index (χ1) is 10.1. The van der Waals surface area contributed by atoms with E-state index in [9.17, 15) is 4.79 Å². The number of fused-ring (bicyclic) bond motifs is 1. The Kier molecular flexibility index (Phi) is 4.22. The van der Waals surface area contributed by atoms with Crippen molar-refractivity contribution >= 4 is 23.2 Å². The summed E-state index contributed by atoms with van der Waals surface area (Å²) in [4.78, 5) is 12.3. The minimum Gasteiger partial charge on any atom is -0.486 e. The number of carbonyl (C=O) groups excluding carboxylic acids is 1. The Hall–Kier alpha value is -1.46. The van der Waals surface area contributed by atoms with Crippen LogP contribution in [-0.2, 0) is 4.79 Å². The number of ether oxygens (including phenoxy) is 2. The van der Waals surface area contributed by atoms with Crippen LogP contribution in [0.3, 0.4) is 0 Å². The zero-order chi connectivity index (χ0) is 14.8. The molecule has 0 saturated heterocycles. The summed E-state index contributed by atoms with van der Waals surface area (Å²) in [5, 5.41) is 3.34. The summed E-state index contributed by atoms with van der Waals surface area (Å²) < 4.78 is 11.0. The predicted octanol–water partition coefficient (Wildman–Crippen LogP) is 2.57. The molecular formula is C15H19ClN2O3. The second-order valence-corrected chi connectivity index (χ2v) is 6.00. The van der Waals surface area contributed by atoms with E-state index in [0.29, 0.717) is 35.4 Å². The summed E-state index contributed by atoms with van der Waals surface area (Å²) in [6.07, 6.45) is 3.60. The molecule has 21 heavy (non-hydrogen) atoms. The predicted molar refractivity (Wildman–Crippen MR) is 81.0 cm³/mol. The van der Waals surface area contributed by atoms with Gasteiger partial charge in [-0.1, -0.05) is 18.0 Å². The van der Waals surface area contributed by atoms with Crippen molar-refractivity contribution in [2.75, 3.05) is 18.5 Å². The van der Waals surface area contributed by atoms with Gasteiger partial charge in [0.1, 0.15) is 13.2 Å². The van der Waals surface area contributed by atoms with Gasteiger partial charge >= 0.3 is 0 Å². The lowest BCUT2D eigenvalue weighted by atomic mass is 9.85. The SMILES string of the molecule is NC1CCCC(C(=O)Nc2cc3c(cc2Cl)OCCO3)C1. The average molecular weight is 311 g/mol. The lowest BCUT2D eigenvalue weighted by Crippen LogP contribution is -2.34. The zero-order valence-corrected chi connectivity index (χ0v) is 12.5. The van der Waals surface area contributed by atoms with Crippen LogP contribution in [0.5, 0.6) is 11.5 Å². The highest BCUT2D eigenvalue weighted by Gasteiger charge is 2.26. The summed E-state index contributed by atoms with van der Waals surface area (Å²) in [7, 11) is 0. The van der Waals surface area contributed by atoms with Gasteiger partial charge in [0.2, 0.25) is 5.91 Å². The third kappa shape index (κ3) is 3.24. The van der Waals surface area contributed by atoms with Crippen LogP contribution in [0.15, 0.2) is 12.1 Å². The van der Waals surface area contributed by atoms with Gasteiger partial charge in [0.15, 0.2) is 11.5 Å². The van der Waals surface area contributed by atoms with Gasteiger partial charge in [-0.15, -0.1) is 0 Å². The molecule has 6 heteroatoms. The standard InChI is InChI=1S/C15H19ClN2O3/c16-11-7-13-14(21-5-4-20-13)8-12(11)18-15(19)9-2-1-3-10(17)6-9/h7-10H,1-6,17H2,(H,18,19). The van der Waals surface area contributed by atoms with Crippen molar-refractivity contribution in [1.82, 2.24) is 0 Å². The van der Waals surface area contributed by atoms with Crippen molar-refractivity contribution in [3.05, 3.63) is 17.2 Å². The maximum Gasteiger partial charge on any atom is 0.227 e. The quantitative estimate of drug-likeness (QED) is 0.880. The van der Waals surface area contributed by atoms with Crippen molar-refractivity contribution in [3.8, 4) is 11.5 Å².